The second-order valence-corrected chi connectivity index (χ2v) is 16.6. The zero-order valence-electron chi connectivity index (χ0n) is 10.7. The average molecular weight is 389 g/mol. The fourth-order valence-electron chi connectivity index (χ4n) is 1.66. The molecule has 0 aromatic heterocycles. The van der Waals surface area contributed by atoms with Gasteiger partial charge >= 0.3 is 128 Å². The van der Waals surface area contributed by atoms with Crippen molar-refractivity contribution in [3.05, 3.63) is 0 Å². The van der Waals surface area contributed by atoms with Gasteiger partial charge in [0.2, 0.25) is 0 Å². The minimum absolute atomic E-state index is 0.122. The topological polar surface area (TPSA) is 0 Å². The Bertz CT molecular complexity index is 187. The third-order valence-corrected chi connectivity index (χ3v) is 13.0. The zero-order valence-corrected chi connectivity index (χ0v) is 15.5. The van der Waals surface area contributed by atoms with E-state index in [4.69, 9.17) is 43.4 Å². The fraction of sp³-hybridized carbons (Fsp3) is 1.00. The number of unbranched alkanes of at least 4 members (excludes halogenated alkanes) is 2. The number of alkyl halides is 2. The quantitative estimate of drug-likeness (QED) is 0.296. The van der Waals surface area contributed by atoms with Gasteiger partial charge in [-0.15, -0.1) is 0 Å². The van der Waals surface area contributed by atoms with E-state index in [1.807, 2.05) is 0 Å². The fourth-order valence-corrected chi connectivity index (χ4v) is 12.0. The van der Waals surface area contributed by atoms with E-state index >= 15 is 0 Å². The third kappa shape index (κ3) is 8.45. The van der Waals surface area contributed by atoms with Crippen LogP contribution in [-0.2, 0) is 0 Å². The summed E-state index contributed by atoms with van der Waals surface area (Å²) in [6.07, 6.45) is 6.69. The summed E-state index contributed by atoms with van der Waals surface area (Å²) in [6.45, 7) is 4.34. The normalized spacial score (nSPS) is 16.8. The first-order valence-electron chi connectivity index (χ1n) is 6.37. The Morgan fingerprint density at radius 2 is 1.53 bits per heavy atom. The molecule has 0 amide bonds. The van der Waals surface area contributed by atoms with Crippen LogP contribution in [0, 0.1) is 0 Å². The molecule has 0 aliphatic heterocycles. The molecule has 2 unspecified atom stereocenters. The van der Waals surface area contributed by atoms with E-state index in [0.717, 1.165) is 37.4 Å². The van der Waals surface area contributed by atoms with Gasteiger partial charge in [-0.2, -0.15) is 0 Å². The Hall–Kier alpha value is 1.68. The van der Waals surface area contributed by atoms with E-state index in [0.29, 0.717) is 10.7 Å². The molecule has 0 aliphatic rings. The van der Waals surface area contributed by atoms with Crippen LogP contribution in [0.2, 0.25) is 10.1 Å². The molecule has 0 bridgehead atoms. The van der Waals surface area contributed by atoms with Crippen molar-refractivity contribution in [2.45, 2.75) is 67.9 Å². The summed E-state index contributed by atoms with van der Waals surface area (Å²) in [7, 11) is 13.1. The summed E-state index contributed by atoms with van der Waals surface area (Å²) >= 11 is 9.82. The van der Waals surface area contributed by atoms with Crippen molar-refractivity contribution in [1.82, 2.24) is 0 Å². The van der Waals surface area contributed by atoms with Crippen LogP contribution in [0.3, 0.4) is 0 Å². The van der Waals surface area contributed by atoms with E-state index in [1.165, 1.54) is 6.42 Å². The van der Waals surface area contributed by atoms with Crippen LogP contribution < -0.4 is 0 Å². The van der Waals surface area contributed by atoms with Crippen molar-refractivity contribution >= 4 is 54.4 Å². The average Bonchev–Trinajstić information content (AvgIpc) is 2.26. The summed E-state index contributed by atoms with van der Waals surface area (Å²) in [5, 5.41) is 0.903. The van der Waals surface area contributed by atoms with Gasteiger partial charge in [0.05, 0.1) is 0 Å². The summed E-state index contributed by atoms with van der Waals surface area (Å²) in [6, 6.07) is 0. The molecule has 2 atom stereocenters. The van der Waals surface area contributed by atoms with Crippen molar-refractivity contribution < 1.29 is 0 Å². The van der Waals surface area contributed by atoms with Crippen molar-refractivity contribution in [3.63, 3.8) is 0 Å². The predicted molar refractivity (Wildman–Crippen MR) is 85.4 cm³/mol. The monoisotopic (exact) mass is 388 g/mol. The van der Waals surface area contributed by atoms with Crippen molar-refractivity contribution in [1.29, 1.82) is 0 Å². The van der Waals surface area contributed by atoms with E-state index in [-0.39, 0.29) is 5.38 Å². The molecular formula is C12H24Cl4Se. The number of hydrogen-bond donors (Lipinski definition) is 0. The standard InChI is InChI=1S/C12H24Cl4Se/c1-3-5-7-11(14)10-17(15,16)12(9-13)8-6-4-2/h11-12H,3-10H2,1-2H3. The van der Waals surface area contributed by atoms with Crippen LogP contribution in [0.4, 0.5) is 0 Å². The Labute approximate surface area is 127 Å². The molecule has 0 nitrogen and oxygen atoms in total. The molecular weight excluding hydrogens is 365 g/mol. The molecule has 0 radical (unpaired) electrons. The van der Waals surface area contributed by atoms with Gasteiger partial charge in [-0.25, -0.2) is 0 Å². The van der Waals surface area contributed by atoms with Gasteiger partial charge in [0.15, 0.2) is 0 Å². The first-order chi connectivity index (χ1) is 7.97. The van der Waals surface area contributed by atoms with Crippen molar-refractivity contribution in [2.24, 2.45) is 0 Å². The molecule has 0 saturated carbocycles. The summed E-state index contributed by atoms with van der Waals surface area (Å²) in [5.74, 6) is 0.574. The predicted octanol–water partition coefficient (Wildman–Crippen LogP) is 6.50. The van der Waals surface area contributed by atoms with Gasteiger partial charge in [-0.05, 0) is 0 Å². The van der Waals surface area contributed by atoms with Gasteiger partial charge in [-0.1, -0.05) is 0 Å². The molecule has 0 spiro atoms. The van der Waals surface area contributed by atoms with Crippen molar-refractivity contribution in [3.8, 4) is 0 Å². The summed E-state index contributed by atoms with van der Waals surface area (Å²) < 4.78 is 0. The van der Waals surface area contributed by atoms with Crippen molar-refractivity contribution in [2.75, 3.05) is 5.88 Å². The summed E-state index contributed by atoms with van der Waals surface area (Å²) in [4.78, 5) is 0.291. The van der Waals surface area contributed by atoms with E-state index in [2.05, 4.69) is 13.8 Å². The molecule has 106 valence electrons. The first-order valence-corrected chi connectivity index (χ1v) is 14.0. The van der Waals surface area contributed by atoms with Crippen LogP contribution in [0.15, 0.2) is 0 Å². The molecule has 0 heterocycles. The maximum absolute atomic E-state index is 6.56. The Morgan fingerprint density at radius 1 is 1.00 bits per heavy atom. The van der Waals surface area contributed by atoms with Crippen LogP contribution >= 0.6 is 43.4 Å². The molecule has 17 heavy (non-hydrogen) atoms. The molecule has 0 rings (SSSR count). The van der Waals surface area contributed by atoms with Gasteiger partial charge in [0, 0.05) is 0 Å². The molecule has 0 saturated heterocycles. The van der Waals surface area contributed by atoms with Crippen LogP contribution in [0.1, 0.15) is 52.4 Å². The molecule has 0 aromatic rings. The Balaban J connectivity index is 4.20. The summed E-state index contributed by atoms with van der Waals surface area (Å²) in [5.41, 5.74) is 0. The van der Waals surface area contributed by atoms with E-state index in [1.54, 1.807) is 0 Å². The SMILES string of the molecule is CCCCC(Cl)C[Se](Cl)(Cl)C(CCl)CCCC. The molecule has 0 fully saturated rings. The van der Waals surface area contributed by atoms with E-state index in [9.17, 15) is 0 Å². The number of rotatable bonds is 10. The molecule has 0 aromatic carbocycles. The first kappa shape index (κ1) is 18.7. The molecule has 0 N–H and O–H groups in total. The van der Waals surface area contributed by atoms with Crippen LogP contribution in [0.5, 0.6) is 0 Å². The van der Waals surface area contributed by atoms with Gasteiger partial charge in [0.1, 0.15) is 0 Å². The van der Waals surface area contributed by atoms with Crippen LogP contribution in [-0.4, -0.2) is 22.3 Å². The second-order valence-electron chi connectivity index (χ2n) is 4.45. The number of hydrogen-bond acceptors (Lipinski definition) is 0. The van der Waals surface area contributed by atoms with Gasteiger partial charge in [0.25, 0.3) is 0 Å². The van der Waals surface area contributed by atoms with Gasteiger partial charge < -0.3 is 0 Å². The van der Waals surface area contributed by atoms with Gasteiger partial charge in [-0.3, -0.25) is 0 Å². The molecule has 5 heteroatoms. The Kier molecular flexibility index (Phi) is 11.5. The third-order valence-electron chi connectivity index (χ3n) is 2.81. The number of halogens is 4. The second kappa shape index (κ2) is 10.5. The van der Waals surface area contributed by atoms with E-state index < -0.39 is 11.0 Å². The maximum atomic E-state index is 6.56. The van der Waals surface area contributed by atoms with Crippen LogP contribution in [0.25, 0.3) is 0 Å². The minimum atomic E-state index is -2.49. The molecule has 0 aliphatic carbocycles. The Morgan fingerprint density at radius 3 is 2.00 bits per heavy atom. The zero-order chi connectivity index (χ0) is 13.3.